The Morgan fingerprint density at radius 3 is 2.84 bits per heavy atom. The van der Waals surface area contributed by atoms with E-state index in [1.54, 1.807) is 6.07 Å². The molecule has 2 unspecified atom stereocenters. The average molecular weight is 262 g/mol. The molecule has 1 heterocycles. The van der Waals surface area contributed by atoms with Gasteiger partial charge in [0.05, 0.1) is 18.4 Å². The fourth-order valence-corrected chi connectivity index (χ4v) is 2.96. The van der Waals surface area contributed by atoms with E-state index in [0.29, 0.717) is 23.3 Å². The molecule has 4 nitrogen and oxygen atoms in total. The lowest BCUT2D eigenvalue weighted by molar-refractivity contribution is 0.0601. The Morgan fingerprint density at radius 2 is 2.21 bits per heavy atom. The van der Waals surface area contributed by atoms with E-state index in [4.69, 9.17) is 10.5 Å². The topological polar surface area (TPSA) is 55.6 Å². The summed E-state index contributed by atoms with van der Waals surface area (Å²) in [5.74, 6) is -0.323. The Morgan fingerprint density at radius 1 is 1.47 bits per heavy atom. The molecule has 2 atom stereocenters. The molecular weight excluding hydrogens is 240 g/mol. The van der Waals surface area contributed by atoms with Gasteiger partial charge in [-0.25, -0.2) is 4.79 Å². The summed E-state index contributed by atoms with van der Waals surface area (Å²) >= 11 is 0. The molecule has 0 aromatic heterocycles. The van der Waals surface area contributed by atoms with E-state index >= 15 is 0 Å². The lowest BCUT2D eigenvalue weighted by Crippen LogP contribution is -2.35. The van der Waals surface area contributed by atoms with Crippen molar-refractivity contribution < 1.29 is 9.53 Å². The molecule has 19 heavy (non-hydrogen) atoms. The monoisotopic (exact) mass is 262 g/mol. The molecule has 0 radical (unpaired) electrons. The van der Waals surface area contributed by atoms with Crippen LogP contribution < -0.4 is 10.6 Å². The molecule has 1 aliphatic heterocycles. The first kappa shape index (κ1) is 13.7. The lowest BCUT2D eigenvalue weighted by Gasteiger charge is -2.31. The third-order valence-electron chi connectivity index (χ3n) is 3.96. The predicted octanol–water partition coefficient (Wildman–Crippen LogP) is 2.82. The van der Waals surface area contributed by atoms with Crippen LogP contribution in [0.4, 0.5) is 11.4 Å². The number of benzene rings is 1. The van der Waals surface area contributed by atoms with Gasteiger partial charge in [0.2, 0.25) is 0 Å². The quantitative estimate of drug-likeness (QED) is 0.672. The van der Waals surface area contributed by atoms with Crippen molar-refractivity contribution >= 4 is 17.3 Å². The first-order valence-electron chi connectivity index (χ1n) is 6.84. The Balaban J connectivity index is 2.46. The molecule has 1 fully saturated rings. The molecule has 0 aliphatic carbocycles. The zero-order chi connectivity index (χ0) is 14.0. The van der Waals surface area contributed by atoms with Crippen LogP contribution in [0.5, 0.6) is 0 Å². The molecule has 0 saturated carbocycles. The largest absolute Gasteiger partial charge is 0.465 e. The van der Waals surface area contributed by atoms with Gasteiger partial charge in [-0.15, -0.1) is 0 Å². The van der Waals surface area contributed by atoms with Crippen LogP contribution in [0.1, 0.15) is 43.5 Å². The maximum atomic E-state index is 11.9. The second-order valence-electron chi connectivity index (χ2n) is 5.16. The first-order chi connectivity index (χ1) is 9.08. The van der Waals surface area contributed by atoms with Crippen molar-refractivity contribution in [1.29, 1.82) is 0 Å². The maximum Gasteiger partial charge on any atom is 0.340 e. The molecule has 0 spiro atoms. The highest BCUT2D eigenvalue weighted by molar-refractivity contribution is 5.97. The van der Waals surface area contributed by atoms with E-state index in [2.05, 4.69) is 18.7 Å². The first-order valence-corrected chi connectivity index (χ1v) is 6.84. The SMILES string of the molecule is CCC1CCC(C)N1c1ccc(N)cc1C(=O)OC. The Kier molecular flexibility index (Phi) is 3.98. The number of nitrogen functional groups attached to an aromatic ring is 1. The number of esters is 1. The van der Waals surface area contributed by atoms with Crippen molar-refractivity contribution in [3.8, 4) is 0 Å². The Labute approximate surface area is 114 Å². The van der Waals surface area contributed by atoms with Crippen LogP contribution in [0.25, 0.3) is 0 Å². The molecule has 2 rings (SSSR count). The summed E-state index contributed by atoms with van der Waals surface area (Å²) in [6, 6.07) is 6.42. The van der Waals surface area contributed by atoms with E-state index in [1.807, 2.05) is 12.1 Å². The number of methoxy groups -OCH3 is 1. The van der Waals surface area contributed by atoms with Crippen molar-refractivity contribution in [3.63, 3.8) is 0 Å². The van der Waals surface area contributed by atoms with Gasteiger partial charge < -0.3 is 15.4 Å². The molecule has 1 saturated heterocycles. The van der Waals surface area contributed by atoms with Gasteiger partial charge in [-0.1, -0.05) is 6.92 Å². The van der Waals surface area contributed by atoms with Crippen molar-refractivity contribution in [1.82, 2.24) is 0 Å². The zero-order valence-corrected chi connectivity index (χ0v) is 11.8. The van der Waals surface area contributed by atoms with Gasteiger partial charge in [0, 0.05) is 17.8 Å². The minimum atomic E-state index is -0.323. The highest BCUT2D eigenvalue weighted by Crippen LogP contribution is 2.35. The van der Waals surface area contributed by atoms with Gasteiger partial charge >= 0.3 is 5.97 Å². The van der Waals surface area contributed by atoms with Crippen LogP contribution in [0.2, 0.25) is 0 Å². The van der Waals surface area contributed by atoms with E-state index in [-0.39, 0.29) is 5.97 Å². The number of hydrogen-bond donors (Lipinski definition) is 1. The summed E-state index contributed by atoms with van der Waals surface area (Å²) in [6.07, 6.45) is 3.40. The molecule has 0 amide bonds. The number of carbonyl (C=O) groups excluding carboxylic acids is 1. The average Bonchev–Trinajstić information content (AvgIpc) is 2.79. The molecule has 4 heteroatoms. The van der Waals surface area contributed by atoms with Crippen molar-refractivity contribution in [3.05, 3.63) is 23.8 Å². The summed E-state index contributed by atoms with van der Waals surface area (Å²) in [5.41, 5.74) is 7.89. The smallest absolute Gasteiger partial charge is 0.340 e. The molecule has 1 aromatic carbocycles. The third kappa shape index (κ3) is 2.53. The number of nitrogens with zero attached hydrogens (tertiary/aromatic N) is 1. The van der Waals surface area contributed by atoms with Gasteiger partial charge in [0.1, 0.15) is 0 Å². The molecule has 0 bridgehead atoms. The summed E-state index contributed by atoms with van der Waals surface area (Å²) in [7, 11) is 1.40. The van der Waals surface area contributed by atoms with Gasteiger partial charge in [0.25, 0.3) is 0 Å². The van der Waals surface area contributed by atoms with Crippen molar-refractivity contribution in [2.75, 3.05) is 17.7 Å². The highest BCUT2D eigenvalue weighted by Gasteiger charge is 2.32. The van der Waals surface area contributed by atoms with E-state index in [0.717, 1.165) is 18.5 Å². The third-order valence-corrected chi connectivity index (χ3v) is 3.96. The highest BCUT2D eigenvalue weighted by atomic mass is 16.5. The minimum Gasteiger partial charge on any atom is -0.465 e. The van der Waals surface area contributed by atoms with Crippen LogP contribution in [0, 0.1) is 0 Å². The number of nitrogens with two attached hydrogens (primary N) is 1. The van der Waals surface area contributed by atoms with E-state index in [9.17, 15) is 4.79 Å². The Bertz CT molecular complexity index is 473. The van der Waals surface area contributed by atoms with Crippen molar-refractivity contribution in [2.24, 2.45) is 0 Å². The number of anilines is 2. The van der Waals surface area contributed by atoms with Crippen LogP contribution in [-0.4, -0.2) is 25.2 Å². The maximum absolute atomic E-state index is 11.9. The molecule has 1 aromatic rings. The van der Waals surface area contributed by atoms with Gasteiger partial charge in [-0.3, -0.25) is 0 Å². The van der Waals surface area contributed by atoms with E-state index in [1.165, 1.54) is 13.5 Å². The van der Waals surface area contributed by atoms with Crippen LogP contribution in [0.15, 0.2) is 18.2 Å². The molecular formula is C15H22N2O2. The molecule has 2 N–H and O–H groups in total. The van der Waals surface area contributed by atoms with Crippen LogP contribution in [-0.2, 0) is 4.74 Å². The second-order valence-corrected chi connectivity index (χ2v) is 5.16. The Hall–Kier alpha value is -1.71. The minimum absolute atomic E-state index is 0.323. The van der Waals surface area contributed by atoms with Crippen LogP contribution in [0.3, 0.4) is 0 Å². The number of rotatable bonds is 3. The zero-order valence-electron chi connectivity index (χ0n) is 11.8. The number of hydrogen-bond acceptors (Lipinski definition) is 4. The van der Waals surface area contributed by atoms with Crippen molar-refractivity contribution in [2.45, 2.75) is 45.2 Å². The normalized spacial score (nSPS) is 22.6. The summed E-state index contributed by atoms with van der Waals surface area (Å²) in [4.78, 5) is 14.3. The van der Waals surface area contributed by atoms with Gasteiger partial charge in [-0.05, 0) is 44.4 Å². The molecule has 1 aliphatic rings. The summed E-state index contributed by atoms with van der Waals surface area (Å²) in [5, 5.41) is 0. The van der Waals surface area contributed by atoms with E-state index < -0.39 is 0 Å². The second kappa shape index (κ2) is 5.51. The standard InChI is InChI=1S/C15H22N2O2/c1-4-12-7-5-10(2)17(12)14-8-6-11(16)9-13(14)15(18)19-3/h6,8-10,12H,4-5,7,16H2,1-3H3. The number of ether oxygens (including phenoxy) is 1. The summed E-state index contributed by atoms with van der Waals surface area (Å²) < 4.78 is 4.87. The van der Waals surface area contributed by atoms with Gasteiger partial charge in [-0.2, -0.15) is 0 Å². The van der Waals surface area contributed by atoms with Crippen LogP contribution >= 0.6 is 0 Å². The predicted molar refractivity (Wildman–Crippen MR) is 77.4 cm³/mol. The van der Waals surface area contributed by atoms with Gasteiger partial charge in [0.15, 0.2) is 0 Å². The molecule has 104 valence electrons. The summed E-state index contributed by atoms with van der Waals surface area (Å²) in [6.45, 7) is 4.39. The fourth-order valence-electron chi connectivity index (χ4n) is 2.96. The fraction of sp³-hybridized carbons (Fsp3) is 0.533. The number of carbonyl (C=O) groups is 1. The lowest BCUT2D eigenvalue weighted by atomic mass is 10.1.